The molecule has 0 radical (unpaired) electrons. The van der Waals surface area contributed by atoms with Crippen molar-refractivity contribution in [2.24, 2.45) is 0 Å². The first kappa shape index (κ1) is 12.4. The van der Waals surface area contributed by atoms with Crippen molar-refractivity contribution in [1.82, 2.24) is 0 Å². The van der Waals surface area contributed by atoms with E-state index in [1.165, 1.54) is 20.3 Å². The van der Waals surface area contributed by atoms with Crippen molar-refractivity contribution in [3.05, 3.63) is 62.7 Å². The fourth-order valence-corrected chi connectivity index (χ4v) is 2.79. The molecule has 17 heavy (non-hydrogen) atoms. The van der Waals surface area contributed by atoms with Gasteiger partial charge in [-0.05, 0) is 65.3 Å². The van der Waals surface area contributed by atoms with Crippen molar-refractivity contribution in [3.63, 3.8) is 0 Å². The molecule has 0 aliphatic heterocycles. The zero-order chi connectivity index (χ0) is 12.3. The molecule has 2 aromatic rings. The molecule has 2 rings (SSSR count). The van der Waals surface area contributed by atoms with Gasteiger partial charge in [-0.15, -0.1) is 0 Å². The zero-order valence-electron chi connectivity index (χ0n) is 10.0. The Hall–Kier alpha value is -1.03. The molecule has 0 aliphatic carbocycles. The van der Waals surface area contributed by atoms with Crippen LogP contribution < -0.4 is 4.74 Å². The molecule has 0 unspecified atom stereocenters. The first-order valence-corrected chi connectivity index (χ1v) is 6.68. The van der Waals surface area contributed by atoms with Crippen LogP contribution in [0.4, 0.5) is 0 Å². The lowest BCUT2D eigenvalue weighted by Gasteiger charge is -2.12. The molecule has 0 fully saturated rings. The summed E-state index contributed by atoms with van der Waals surface area (Å²) in [6.07, 6.45) is 0. The first-order chi connectivity index (χ1) is 8.16. The number of ether oxygens (including phenoxy) is 1. The van der Waals surface area contributed by atoms with Gasteiger partial charge in [0, 0.05) is 3.57 Å². The minimum atomic E-state index is 0.628. The van der Waals surface area contributed by atoms with E-state index in [2.05, 4.69) is 60.7 Å². The van der Waals surface area contributed by atoms with E-state index in [1.54, 1.807) is 0 Å². The van der Waals surface area contributed by atoms with Gasteiger partial charge in [0.15, 0.2) is 0 Å². The minimum Gasteiger partial charge on any atom is -0.488 e. The summed E-state index contributed by atoms with van der Waals surface area (Å²) < 4.78 is 7.16. The number of hydrogen-bond acceptors (Lipinski definition) is 1. The van der Waals surface area contributed by atoms with E-state index < -0.39 is 0 Å². The third kappa shape index (κ3) is 3.22. The van der Waals surface area contributed by atoms with Crippen molar-refractivity contribution in [2.45, 2.75) is 20.5 Å². The topological polar surface area (TPSA) is 9.23 Å². The van der Waals surface area contributed by atoms with Crippen LogP contribution in [0.3, 0.4) is 0 Å². The molecule has 0 bridgehead atoms. The maximum Gasteiger partial charge on any atom is 0.125 e. The first-order valence-electron chi connectivity index (χ1n) is 5.60. The fraction of sp³-hybridized carbons (Fsp3) is 0.200. The Labute approximate surface area is 116 Å². The van der Waals surface area contributed by atoms with Crippen LogP contribution in [-0.2, 0) is 6.61 Å². The van der Waals surface area contributed by atoms with Gasteiger partial charge in [-0.1, -0.05) is 30.3 Å². The van der Waals surface area contributed by atoms with Crippen LogP contribution in [0.5, 0.6) is 5.75 Å². The molecule has 0 aliphatic rings. The van der Waals surface area contributed by atoms with Gasteiger partial charge in [0.05, 0.1) is 0 Å². The second-order valence-electron chi connectivity index (χ2n) is 4.14. The molecule has 0 spiro atoms. The van der Waals surface area contributed by atoms with Crippen LogP contribution in [0.2, 0.25) is 0 Å². The second-order valence-corrected chi connectivity index (χ2v) is 5.39. The highest BCUT2D eigenvalue weighted by Gasteiger charge is 2.05. The summed E-state index contributed by atoms with van der Waals surface area (Å²) in [5.74, 6) is 1.01. The maximum atomic E-state index is 5.91. The Morgan fingerprint density at radius 1 is 1.00 bits per heavy atom. The predicted molar refractivity (Wildman–Crippen MR) is 79.4 cm³/mol. The van der Waals surface area contributed by atoms with Crippen LogP contribution in [-0.4, -0.2) is 0 Å². The highest BCUT2D eigenvalue weighted by molar-refractivity contribution is 14.1. The summed E-state index contributed by atoms with van der Waals surface area (Å²) in [6.45, 7) is 4.81. The van der Waals surface area contributed by atoms with E-state index >= 15 is 0 Å². The average molecular weight is 338 g/mol. The monoisotopic (exact) mass is 338 g/mol. The van der Waals surface area contributed by atoms with E-state index in [0.29, 0.717) is 6.61 Å². The molecular weight excluding hydrogens is 323 g/mol. The highest BCUT2D eigenvalue weighted by atomic mass is 127. The average Bonchev–Trinajstić information content (AvgIpc) is 2.29. The Balaban J connectivity index is 2.15. The van der Waals surface area contributed by atoms with Gasteiger partial charge in [0.25, 0.3) is 0 Å². The van der Waals surface area contributed by atoms with Crippen LogP contribution >= 0.6 is 22.6 Å². The van der Waals surface area contributed by atoms with E-state index in [-0.39, 0.29) is 0 Å². The van der Waals surface area contributed by atoms with E-state index in [4.69, 9.17) is 4.74 Å². The standard InChI is InChI=1S/C15H15IO/c1-11-8-14(16)9-12(2)15(11)17-10-13-6-4-3-5-7-13/h3-9H,10H2,1-2H3. The third-order valence-electron chi connectivity index (χ3n) is 2.65. The lowest BCUT2D eigenvalue weighted by atomic mass is 10.1. The van der Waals surface area contributed by atoms with E-state index in [0.717, 1.165) is 5.75 Å². The third-order valence-corrected chi connectivity index (χ3v) is 3.27. The summed E-state index contributed by atoms with van der Waals surface area (Å²) in [4.78, 5) is 0. The van der Waals surface area contributed by atoms with Crippen molar-refractivity contribution in [2.75, 3.05) is 0 Å². The zero-order valence-corrected chi connectivity index (χ0v) is 12.2. The molecule has 88 valence electrons. The molecule has 0 atom stereocenters. The van der Waals surface area contributed by atoms with Gasteiger partial charge in [0.1, 0.15) is 12.4 Å². The molecule has 2 aromatic carbocycles. The Kier molecular flexibility index (Phi) is 4.05. The number of rotatable bonds is 3. The van der Waals surface area contributed by atoms with Gasteiger partial charge in [0.2, 0.25) is 0 Å². The quantitative estimate of drug-likeness (QED) is 0.750. The minimum absolute atomic E-state index is 0.628. The molecule has 0 saturated heterocycles. The largest absolute Gasteiger partial charge is 0.488 e. The van der Waals surface area contributed by atoms with Crippen molar-refractivity contribution < 1.29 is 4.74 Å². The number of aryl methyl sites for hydroxylation is 2. The van der Waals surface area contributed by atoms with E-state index in [1.807, 2.05) is 18.2 Å². The molecule has 0 heterocycles. The van der Waals surface area contributed by atoms with Gasteiger partial charge in [-0.3, -0.25) is 0 Å². The smallest absolute Gasteiger partial charge is 0.125 e. The van der Waals surface area contributed by atoms with Crippen molar-refractivity contribution in [1.29, 1.82) is 0 Å². The van der Waals surface area contributed by atoms with Gasteiger partial charge in [-0.25, -0.2) is 0 Å². The molecule has 0 aromatic heterocycles. The number of benzene rings is 2. The lowest BCUT2D eigenvalue weighted by molar-refractivity contribution is 0.302. The predicted octanol–water partition coefficient (Wildman–Crippen LogP) is 4.49. The second kappa shape index (κ2) is 5.54. The summed E-state index contributed by atoms with van der Waals surface area (Å²) in [5, 5.41) is 0. The van der Waals surface area contributed by atoms with Crippen LogP contribution in [0.1, 0.15) is 16.7 Å². The molecule has 0 amide bonds. The van der Waals surface area contributed by atoms with Crippen molar-refractivity contribution >= 4 is 22.6 Å². The normalized spacial score (nSPS) is 10.3. The van der Waals surface area contributed by atoms with E-state index in [9.17, 15) is 0 Å². The van der Waals surface area contributed by atoms with Crippen LogP contribution in [0, 0.1) is 17.4 Å². The van der Waals surface area contributed by atoms with Crippen LogP contribution in [0.25, 0.3) is 0 Å². The summed E-state index contributed by atoms with van der Waals surface area (Å²) in [5.41, 5.74) is 3.60. The Bertz CT molecular complexity index is 483. The molecular formula is C15H15IO. The summed E-state index contributed by atoms with van der Waals surface area (Å²) >= 11 is 2.33. The van der Waals surface area contributed by atoms with Gasteiger partial charge >= 0.3 is 0 Å². The lowest BCUT2D eigenvalue weighted by Crippen LogP contribution is -1.99. The van der Waals surface area contributed by atoms with Crippen LogP contribution in [0.15, 0.2) is 42.5 Å². The number of hydrogen-bond donors (Lipinski definition) is 0. The Morgan fingerprint density at radius 3 is 2.18 bits per heavy atom. The van der Waals surface area contributed by atoms with Gasteiger partial charge < -0.3 is 4.74 Å². The Morgan fingerprint density at radius 2 is 1.59 bits per heavy atom. The highest BCUT2D eigenvalue weighted by Crippen LogP contribution is 2.26. The maximum absolute atomic E-state index is 5.91. The molecule has 1 nitrogen and oxygen atoms in total. The number of halogens is 1. The molecule has 0 saturated carbocycles. The SMILES string of the molecule is Cc1cc(I)cc(C)c1OCc1ccccc1. The fourth-order valence-electron chi connectivity index (χ4n) is 1.85. The molecule has 0 N–H and O–H groups in total. The molecule has 2 heteroatoms. The summed E-state index contributed by atoms with van der Waals surface area (Å²) in [7, 11) is 0. The van der Waals surface area contributed by atoms with Crippen molar-refractivity contribution in [3.8, 4) is 5.75 Å². The van der Waals surface area contributed by atoms with Gasteiger partial charge in [-0.2, -0.15) is 0 Å². The summed E-state index contributed by atoms with van der Waals surface area (Å²) in [6, 6.07) is 14.5.